The number of likely N-dealkylation sites (tertiary alicyclic amines) is 1. The van der Waals surface area contributed by atoms with Gasteiger partial charge in [-0.1, -0.05) is 12.1 Å². The molecular formula is C18H22N4O3. The highest BCUT2D eigenvalue weighted by atomic mass is 16.5. The SMILES string of the molecule is CCOC(=O)CCN1CC(=O)C(=C2N(C)c3ccccc3N2C)C1=N. The number of Topliss-reactive ketones (excluding diaryl/α,β-unsaturated/α-hetero) is 1. The Morgan fingerprint density at radius 1 is 1.20 bits per heavy atom. The van der Waals surface area contributed by atoms with Crippen molar-refractivity contribution < 1.29 is 14.3 Å². The van der Waals surface area contributed by atoms with Crippen LogP contribution < -0.4 is 9.80 Å². The zero-order chi connectivity index (χ0) is 18.1. The van der Waals surface area contributed by atoms with E-state index in [1.165, 1.54) is 0 Å². The Bertz CT molecular complexity index is 740. The molecule has 3 rings (SSSR count). The van der Waals surface area contributed by atoms with Gasteiger partial charge in [0.25, 0.3) is 0 Å². The highest BCUT2D eigenvalue weighted by molar-refractivity contribution is 6.27. The van der Waals surface area contributed by atoms with Crippen LogP contribution in [-0.4, -0.2) is 56.3 Å². The van der Waals surface area contributed by atoms with Gasteiger partial charge in [-0.25, -0.2) is 0 Å². The summed E-state index contributed by atoms with van der Waals surface area (Å²) in [6, 6.07) is 7.87. The van der Waals surface area contributed by atoms with Gasteiger partial charge in [-0.05, 0) is 19.1 Å². The van der Waals surface area contributed by atoms with Gasteiger partial charge in [0, 0.05) is 20.6 Å². The molecule has 7 heteroatoms. The minimum Gasteiger partial charge on any atom is -0.466 e. The summed E-state index contributed by atoms with van der Waals surface area (Å²) in [5.41, 5.74) is 2.39. The molecule has 0 spiro atoms. The number of nitrogens with one attached hydrogen (secondary N) is 1. The fourth-order valence-electron chi connectivity index (χ4n) is 3.32. The summed E-state index contributed by atoms with van der Waals surface area (Å²) in [7, 11) is 3.79. The van der Waals surface area contributed by atoms with Crippen LogP contribution in [0, 0.1) is 5.41 Å². The first-order chi connectivity index (χ1) is 12.0. The Hall–Kier alpha value is -2.83. The molecule has 1 N–H and O–H groups in total. The molecule has 1 aromatic rings. The zero-order valence-corrected chi connectivity index (χ0v) is 14.7. The van der Waals surface area contributed by atoms with E-state index >= 15 is 0 Å². The number of rotatable bonds is 4. The maximum atomic E-state index is 12.6. The molecule has 25 heavy (non-hydrogen) atoms. The van der Waals surface area contributed by atoms with Crippen LogP contribution in [0.1, 0.15) is 13.3 Å². The maximum absolute atomic E-state index is 12.6. The van der Waals surface area contributed by atoms with Crippen molar-refractivity contribution in [2.75, 3.05) is 43.6 Å². The van der Waals surface area contributed by atoms with Gasteiger partial charge in [0.15, 0.2) is 5.78 Å². The van der Waals surface area contributed by atoms with Crippen LogP contribution in [0.5, 0.6) is 0 Å². The van der Waals surface area contributed by atoms with E-state index in [0.29, 0.717) is 24.5 Å². The fourth-order valence-corrected chi connectivity index (χ4v) is 3.32. The first-order valence-corrected chi connectivity index (χ1v) is 8.29. The number of para-hydroxylation sites is 2. The third kappa shape index (κ3) is 2.86. The molecule has 0 unspecified atom stereocenters. The molecule has 1 aromatic carbocycles. The Morgan fingerprint density at radius 2 is 1.80 bits per heavy atom. The number of nitrogens with zero attached hydrogens (tertiary/aromatic N) is 3. The van der Waals surface area contributed by atoms with Crippen LogP contribution in [0.3, 0.4) is 0 Å². The minimum atomic E-state index is -0.314. The van der Waals surface area contributed by atoms with Crippen molar-refractivity contribution in [1.82, 2.24) is 4.90 Å². The molecule has 7 nitrogen and oxygen atoms in total. The third-order valence-electron chi connectivity index (χ3n) is 4.52. The number of benzene rings is 1. The van der Waals surface area contributed by atoms with Gasteiger partial charge in [0.2, 0.25) is 0 Å². The molecule has 1 saturated heterocycles. The van der Waals surface area contributed by atoms with Crippen LogP contribution in [-0.2, 0) is 14.3 Å². The molecule has 0 amide bonds. The molecule has 0 atom stereocenters. The van der Waals surface area contributed by atoms with E-state index in [9.17, 15) is 9.59 Å². The first-order valence-electron chi connectivity index (χ1n) is 8.29. The average molecular weight is 342 g/mol. The van der Waals surface area contributed by atoms with Crippen LogP contribution in [0.2, 0.25) is 0 Å². The summed E-state index contributed by atoms with van der Waals surface area (Å²) in [6.45, 7) is 2.51. The lowest BCUT2D eigenvalue weighted by Crippen LogP contribution is -2.30. The van der Waals surface area contributed by atoms with Gasteiger partial charge in [0.05, 0.1) is 30.9 Å². The molecule has 0 saturated carbocycles. The molecule has 2 aliphatic rings. The summed E-state index contributed by atoms with van der Waals surface area (Å²) in [5, 5.41) is 8.43. The van der Waals surface area contributed by atoms with E-state index < -0.39 is 0 Å². The van der Waals surface area contributed by atoms with Crippen molar-refractivity contribution in [3.63, 3.8) is 0 Å². The largest absolute Gasteiger partial charge is 0.466 e. The second kappa shape index (κ2) is 6.58. The van der Waals surface area contributed by atoms with Crippen LogP contribution in [0.4, 0.5) is 11.4 Å². The topological polar surface area (TPSA) is 76.9 Å². The summed E-state index contributed by atoms with van der Waals surface area (Å²) in [5.74, 6) is 0.451. The average Bonchev–Trinajstić information content (AvgIpc) is 3.00. The third-order valence-corrected chi connectivity index (χ3v) is 4.52. The second-order valence-corrected chi connectivity index (χ2v) is 6.05. The standard InChI is InChI=1S/C18H22N4O3/c1-4-25-15(24)9-10-22-11-14(23)16(17(22)19)18-20(2)12-7-5-6-8-13(12)21(18)3/h5-8,19H,4,9-11H2,1-3H3. The van der Waals surface area contributed by atoms with Crippen molar-refractivity contribution in [3.05, 3.63) is 35.7 Å². The number of carbonyl (C=O) groups excluding carboxylic acids is 2. The predicted molar refractivity (Wildman–Crippen MR) is 95.8 cm³/mol. The monoisotopic (exact) mass is 342 g/mol. The number of anilines is 2. The number of hydrogen-bond acceptors (Lipinski definition) is 6. The summed E-state index contributed by atoms with van der Waals surface area (Å²) < 4.78 is 4.92. The van der Waals surface area contributed by atoms with Gasteiger partial charge >= 0.3 is 5.97 Å². The Labute approximate surface area is 147 Å². The molecular weight excluding hydrogens is 320 g/mol. The molecule has 0 aromatic heterocycles. The lowest BCUT2D eigenvalue weighted by atomic mass is 10.2. The van der Waals surface area contributed by atoms with Gasteiger partial charge in [-0.3, -0.25) is 15.0 Å². The Kier molecular flexibility index (Phi) is 4.48. The van der Waals surface area contributed by atoms with Crippen molar-refractivity contribution in [2.24, 2.45) is 0 Å². The zero-order valence-electron chi connectivity index (χ0n) is 14.7. The first kappa shape index (κ1) is 17.0. The summed E-state index contributed by atoms with van der Waals surface area (Å²) in [6.07, 6.45) is 0.165. The molecule has 2 heterocycles. The van der Waals surface area contributed by atoms with Crippen molar-refractivity contribution in [1.29, 1.82) is 5.41 Å². The van der Waals surface area contributed by atoms with Crippen molar-refractivity contribution in [3.8, 4) is 0 Å². The number of hydrogen-bond donors (Lipinski definition) is 1. The number of amidine groups is 1. The molecule has 0 radical (unpaired) electrons. The van der Waals surface area contributed by atoms with E-state index in [0.717, 1.165) is 11.4 Å². The second-order valence-electron chi connectivity index (χ2n) is 6.05. The van der Waals surface area contributed by atoms with Crippen LogP contribution in [0.15, 0.2) is 35.7 Å². The van der Waals surface area contributed by atoms with Gasteiger partial charge in [0.1, 0.15) is 17.2 Å². The van der Waals surface area contributed by atoms with Gasteiger partial charge in [-0.2, -0.15) is 0 Å². The lowest BCUT2D eigenvalue weighted by molar-refractivity contribution is -0.143. The number of ketones is 1. The van der Waals surface area contributed by atoms with Gasteiger partial charge in [-0.15, -0.1) is 0 Å². The van der Waals surface area contributed by atoms with Gasteiger partial charge < -0.3 is 19.4 Å². The molecule has 0 bridgehead atoms. The lowest BCUT2D eigenvalue weighted by Gasteiger charge is -2.21. The molecule has 2 aliphatic heterocycles. The molecule has 0 aliphatic carbocycles. The Balaban J connectivity index is 1.86. The van der Waals surface area contributed by atoms with Crippen LogP contribution in [0.25, 0.3) is 0 Å². The number of fused-ring (bicyclic) bond motifs is 1. The van der Waals surface area contributed by atoms with E-state index in [4.69, 9.17) is 10.1 Å². The van der Waals surface area contributed by atoms with E-state index in [1.54, 1.807) is 11.8 Å². The highest BCUT2D eigenvalue weighted by Crippen LogP contribution is 2.41. The Morgan fingerprint density at radius 3 is 2.36 bits per heavy atom. The molecule has 1 fully saturated rings. The number of esters is 1. The number of carbonyl (C=O) groups is 2. The summed E-state index contributed by atoms with van der Waals surface area (Å²) >= 11 is 0. The fraction of sp³-hybridized carbons (Fsp3) is 0.389. The number of ether oxygens (including phenoxy) is 1. The minimum absolute atomic E-state index is 0.102. The summed E-state index contributed by atoms with van der Waals surface area (Å²) in [4.78, 5) is 29.6. The smallest absolute Gasteiger partial charge is 0.307 e. The van der Waals surface area contributed by atoms with E-state index in [2.05, 4.69) is 0 Å². The maximum Gasteiger partial charge on any atom is 0.307 e. The van der Waals surface area contributed by atoms with Crippen LogP contribution >= 0.6 is 0 Å². The normalized spacial score (nSPS) is 16.8. The van der Waals surface area contributed by atoms with E-state index in [-0.39, 0.29) is 30.6 Å². The predicted octanol–water partition coefficient (Wildman–Crippen LogP) is 1.60. The highest BCUT2D eigenvalue weighted by Gasteiger charge is 2.39. The van der Waals surface area contributed by atoms with Crippen molar-refractivity contribution >= 4 is 29.0 Å². The van der Waals surface area contributed by atoms with Crippen molar-refractivity contribution in [2.45, 2.75) is 13.3 Å². The molecule has 132 valence electrons. The van der Waals surface area contributed by atoms with E-state index in [1.807, 2.05) is 48.2 Å². The quantitative estimate of drug-likeness (QED) is 0.662.